The molecule has 3 rings (SSSR count). The van der Waals surface area contributed by atoms with E-state index in [1.807, 2.05) is 25.3 Å². The van der Waals surface area contributed by atoms with E-state index in [1.165, 1.54) is 11.3 Å². The van der Waals surface area contributed by atoms with Crippen LogP contribution in [0.5, 0.6) is 0 Å². The van der Waals surface area contributed by atoms with Gasteiger partial charge in [-0.2, -0.15) is 0 Å². The second-order valence-corrected chi connectivity index (χ2v) is 8.13. The molecule has 6 nitrogen and oxygen atoms in total. The first-order valence-corrected chi connectivity index (χ1v) is 10.4. The summed E-state index contributed by atoms with van der Waals surface area (Å²) in [5.41, 5.74) is 2.39. The highest BCUT2D eigenvalue weighted by Gasteiger charge is 2.10. The zero-order valence-corrected chi connectivity index (χ0v) is 17.6. The molecule has 0 bridgehead atoms. The number of carbonyl (C=O) groups excluding carboxylic acids is 3. The Kier molecular flexibility index (Phi) is 6.98. The summed E-state index contributed by atoms with van der Waals surface area (Å²) in [7, 11) is 0. The first-order valence-electron chi connectivity index (χ1n) is 9.57. The summed E-state index contributed by atoms with van der Waals surface area (Å²) in [4.78, 5) is 37.0. The van der Waals surface area contributed by atoms with Gasteiger partial charge in [-0.25, -0.2) is 0 Å². The van der Waals surface area contributed by atoms with E-state index in [1.54, 1.807) is 54.6 Å². The van der Waals surface area contributed by atoms with Gasteiger partial charge in [0, 0.05) is 29.0 Å². The molecule has 0 spiro atoms. The van der Waals surface area contributed by atoms with Crippen molar-refractivity contribution in [2.45, 2.75) is 20.3 Å². The predicted octanol–water partition coefficient (Wildman–Crippen LogP) is 5.24. The van der Waals surface area contributed by atoms with Crippen LogP contribution in [0.25, 0.3) is 0 Å². The highest BCUT2D eigenvalue weighted by molar-refractivity contribution is 7.12. The third-order valence-corrected chi connectivity index (χ3v) is 5.04. The molecule has 3 amide bonds. The first kappa shape index (κ1) is 21.3. The van der Waals surface area contributed by atoms with Crippen molar-refractivity contribution in [3.63, 3.8) is 0 Å². The summed E-state index contributed by atoms with van der Waals surface area (Å²) >= 11 is 1.37. The van der Waals surface area contributed by atoms with Crippen molar-refractivity contribution in [1.29, 1.82) is 0 Å². The van der Waals surface area contributed by atoms with Crippen molar-refractivity contribution < 1.29 is 14.4 Å². The number of benzene rings is 2. The number of rotatable bonds is 7. The molecule has 3 aromatic rings. The lowest BCUT2D eigenvalue weighted by Gasteiger charge is -2.09. The molecule has 0 aliphatic rings. The van der Waals surface area contributed by atoms with E-state index in [4.69, 9.17) is 0 Å². The van der Waals surface area contributed by atoms with Gasteiger partial charge in [-0.3, -0.25) is 14.4 Å². The van der Waals surface area contributed by atoms with Gasteiger partial charge >= 0.3 is 0 Å². The van der Waals surface area contributed by atoms with E-state index in [0.29, 0.717) is 39.8 Å². The largest absolute Gasteiger partial charge is 0.326 e. The molecule has 0 saturated heterocycles. The van der Waals surface area contributed by atoms with Crippen LogP contribution in [0.2, 0.25) is 0 Å². The minimum absolute atomic E-state index is 0.0342. The summed E-state index contributed by atoms with van der Waals surface area (Å²) < 4.78 is 0. The van der Waals surface area contributed by atoms with Gasteiger partial charge < -0.3 is 16.0 Å². The van der Waals surface area contributed by atoms with Crippen LogP contribution < -0.4 is 16.0 Å². The number of thiophene rings is 1. The maximum absolute atomic E-state index is 12.5. The van der Waals surface area contributed by atoms with E-state index in [9.17, 15) is 14.4 Å². The van der Waals surface area contributed by atoms with Crippen molar-refractivity contribution in [3.05, 3.63) is 76.5 Å². The summed E-state index contributed by atoms with van der Waals surface area (Å²) in [6.07, 6.45) is 0.461. The Balaban J connectivity index is 1.55. The van der Waals surface area contributed by atoms with Gasteiger partial charge in [0.05, 0.1) is 4.88 Å². The molecule has 1 aromatic heterocycles. The van der Waals surface area contributed by atoms with Crippen LogP contribution in [-0.2, 0) is 4.79 Å². The molecule has 0 radical (unpaired) electrons. The molecule has 0 saturated carbocycles. The number of carbonyl (C=O) groups is 3. The SMILES string of the molecule is CC(C)CC(=O)Nc1ccc(NC(=O)c2ccc(NC(=O)c3cccs3)cc2)cc1. The highest BCUT2D eigenvalue weighted by Crippen LogP contribution is 2.17. The standard InChI is InChI=1S/C23H23N3O3S/c1-15(2)14-21(27)24-17-9-11-19(12-10-17)25-22(28)16-5-7-18(8-6-16)26-23(29)20-4-3-13-30-20/h3-13,15H,14H2,1-2H3,(H,24,27)(H,25,28)(H,26,29). The van der Waals surface area contributed by atoms with Crippen LogP contribution >= 0.6 is 11.3 Å². The number of hydrogen-bond donors (Lipinski definition) is 3. The third kappa shape index (κ3) is 6.02. The molecule has 0 aliphatic heterocycles. The average Bonchev–Trinajstić information content (AvgIpc) is 3.24. The van der Waals surface area contributed by atoms with Crippen molar-refractivity contribution in [2.24, 2.45) is 5.92 Å². The van der Waals surface area contributed by atoms with Crippen molar-refractivity contribution >= 4 is 46.1 Å². The normalized spacial score (nSPS) is 10.5. The fraction of sp³-hybridized carbons (Fsp3) is 0.174. The molecule has 2 aromatic carbocycles. The van der Waals surface area contributed by atoms with Gasteiger partial charge in [0.1, 0.15) is 0 Å². The van der Waals surface area contributed by atoms with Crippen LogP contribution in [0.15, 0.2) is 66.0 Å². The monoisotopic (exact) mass is 421 g/mol. The molecule has 1 heterocycles. The quantitative estimate of drug-likeness (QED) is 0.488. The van der Waals surface area contributed by atoms with Crippen LogP contribution in [0.4, 0.5) is 17.1 Å². The van der Waals surface area contributed by atoms with Crippen molar-refractivity contribution in [2.75, 3.05) is 16.0 Å². The van der Waals surface area contributed by atoms with E-state index < -0.39 is 0 Å². The minimum atomic E-state index is -0.261. The second-order valence-electron chi connectivity index (χ2n) is 7.19. The Bertz CT molecular complexity index is 1010. The Morgan fingerprint density at radius 3 is 1.83 bits per heavy atom. The van der Waals surface area contributed by atoms with E-state index >= 15 is 0 Å². The Labute approximate surface area is 179 Å². The second kappa shape index (κ2) is 9.84. The fourth-order valence-electron chi connectivity index (χ4n) is 2.73. The Morgan fingerprint density at radius 2 is 1.30 bits per heavy atom. The summed E-state index contributed by atoms with van der Waals surface area (Å²) in [5.74, 6) is -0.183. The van der Waals surface area contributed by atoms with Gasteiger partial charge in [0.25, 0.3) is 11.8 Å². The molecule has 7 heteroatoms. The highest BCUT2D eigenvalue weighted by atomic mass is 32.1. The lowest BCUT2D eigenvalue weighted by Crippen LogP contribution is -2.14. The third-order valence-electron chi connectivity index (χ3n) is 4.17. The molecule has 0 fully saturated rings. The molecule has 0 unspecified atom stereocenters. The van der Waals surface area contributed by atoms with Gasteiger partial charge in [-0.05, 0) is 65.9 Å². The molecule has 0 aliphatic carbocycles. The van der Waals surface area contributed by atoms with Gasteiger partial charge in [-0.15, -0.1) is 11.3 Å². The molecule has 0 atom stereocenters. The van der Waals surface area contributed by atoms with E-state index in [0.717, 1.165) is 0 Å². The topological polar surface area (TPSA) is 87.3 Å². The average molecular weight is 422 g/mol. The zero-order valence-electron chi connectivity index (χ0n) is 16.8. The number of nitrogens with one attached hydrogen (secondary N) is 3. The maximum atomic E-state index is 12.5. The minimum Gasteiger partial charge on any atom is -0.326 e. The molecular weight excluding hydrogens is 398 g/mol. The molecule has 30 heavy (non-hydrogen) atoms. The summed E-state index contributed by atoms with van der Waals surface area (Å²) in [6.45, 7) is 3.98. The summed E-state index contributed by atoms with van der Waals surface area (Å²) in [5, 5.41) is 10.3. The number of hydrogen-bond acceptors (Lipinski definition) is 4. The molecular formula is C23H23N3O3S. The van der Waals surface area contributed by atoms with Crippen LogP contribution in [0, 0.1) is 5.92 Å². The van der Waals surface area contributed by atoms with Crippen molar-refractivity contribution in [3.8, 4) is 0 Å². The zero-order chi connectivity index (χ0) is 21.5. The maximum Gasteiger partial charge on any atom is 0.265 e. The van der Waals surface area contributed by atoms with E-state index in [2.05, 4.69) is 16.0 Å². The van der Waals surface area contributed by atoms with Crippen LogP contribution in [0.3, 0.4) is 0 Å². The summed E-state index contributed by atoms with van der Waals surface area (Å²) in [6, 6.07) is 17.2. The van der Waals surface area contributed by atoms with Crippen LogP contribution in [-0.4, -0.2) is 17.7 Å². The number of amides is 3. The lowest BCUT2D eigenvalue weighted by atomic mass is 10.1. The fourth-order valence-corrected chi connectivity index (χ4v) is 3.35. The first-order chi connectivity index (χ1) is 14.4. The Hall–Kier alpha value is -3.45. The smallest absolute Gasteiger partial charge is 0.265 e. The molecule has 154 valence electrons. The van der Waals surface area contributed by atoms with Gasteiger partial charge in [0.2, 0.25) is 5.91 Å². The van der Waals surface area contributed by atoms with Crippen molar-refractivity contribution in [1.82, 2.24) is 0 Å². The number of anilines is 3. The van der Waals surface area contributed by atoms with Crippen LogP contribution in [0.1, 0.15) is 40.3 Å². The lowest BCUT2D eigenvalue weighted by molar-refractivity contribution is -0.116. The van der Waals surface area contributed by atoms with Gasteiger partial charge in [-0.1, -0.05) is 19.9 Å². The Morgan fingerprint density at radius 1 is 0.767 bits per heavy atom. The molecule has 3 N–H and O–H groups in total. The van der Waals surface area contributed by atoms with E-state index in [-0.39, 0.29) is 17.7 Å². The van der Waals surface area contributed by atoms with Gasteiger partial charge in [0.15, 0.2) is 0 Å². The predicted molar refractivity (Wildman–Crippen MR) is 121 cm³/mol.